The molecule has 3 aromatic carbocycles. The number of fused-ring (bicyclic) bond motifs is 1. The summed E-state index contributed by atoms with van der Waals surface area (Å²) in [5, 5.41) is 9.08. The van der Waals surface area contributed by atoms with Gasteiger partial charge in [0.25, 0.3) is 11.8 Å². The van der Waals surface area contributed by atoms with Gasteiger partial charge in [-0.15, -0.1) is 0 Å². The molecule has 6 heteroatoms. The van der Waals surface area contributed by atoms with E-state index in [0.29, 0.717) is 23.0 Å². The molecule has 1 N–H and O–H groups in total. The number of hydrogen-bond donors (Lipinski definition) is 1. The van der Waals surface area contributed by atoms with Crippen molar-refractivity contribution in [3.05, 3.63) is 66.7 Å². The molecule has 0 aliphatic carbocycles. The highest BCUT2D eigenvalue weighted by Gasteiger charge is 2.16. The highest BCUT2D eigenvalue weighted by molar-refractivity contribution is 5.94. The molecule has 0 saturated carbocycles. The van der Waals surface area contributed by atoms with E-state index in [1.54, 1.807) is 6.07 Å². The van der Waals surface area contributed by atoms with Crippen molar-refractivity contribution in [2.24, 2.45) is 0 Å². The molecular weight excluding hydrogens is 366 g/mol. The number of aromatic nitrogens is 2. The molecular formula is C23H21N3O3. The van der Waals surface area contributed by atoms with Gasteiger partial charge in [-0.2, -0.15) is 4.98 Å². The smallest absolute Gasteiger partial charge is 0.258 e. The van der Waals surface area contributed by atoms with E-state index < -0.39 is 0 Å². The van der Waals surface area contributed by atoms with Crippen molar-refractivity contribution in [2.45, 2.75) is 19.9 Å². The third-order valence-corrected chi connectivity index (χ3v) is 4.38. The van der Waals surface area contributed by atoms with Crippen LogP contribution in [0, 0.1) is 0 Å². The molecule has 29 heavy (non-hydrogen) atoms. The second kappa shape index (κ2) is 8.14. The third kappa shape index (κ3) is 4.11. The van der Waals surface area contributed by atoms with E-state index in [4.69, 9.17) is 9.26 Å². The molecule has 0 atom stereocenters. The van der Waals surface area contributed by atoms with Crippen LogP contribution in [0.4, 0.5) is 0 Å². The zero-order chi connectivity index (χ0) is 20.2. The summed E-state index contributed by atoms with van der Waals surface area (Å²) in [4.78, 5) is 16.5. The van der Waals surface area contributed by atoms with Crippen LogP contribution in [-0.4, -0.2) is 28.7 Å². The lowest BCUT2D eigenvalue weighted by Gasteiger charge is -2.11. The lowest BCUT2D eigenvalue weighted by molar-refractivity contribution is -0.123. The van der Waals surface area contributed by atoms with E-state index in [-0.39, 0.29) is 18.6 Å². The highest BCUT2D eigenvalue weighted by Crippen LogP contribution is 2.32. The van der Waals surface area contributed by atoms with Gasteiger partial charge in [-0.1, -0.05) is 53.7 Å². The quantitative estimate of drug-likeness (QED) is 0.528. The first-order valence-electron chi connectivity index (χ1n) is 9.45. The van der Waals surface area contributed by atoms with E-state index in [0.717, 1.165) is 16.3 Å². The average Bonchev–Trinajstić information content (AvgIpc) is 3.21. The summed E-state index contributed by atoms with van der Waals surface area (Å²) in [6.45, 7) is 3.73. The molecule has 4 aromatic rings. The maximum absolute atomic E-state index is 11.9. The fraction of sp³-hybridized carbons (Fsp3) is 0.174. The summed E-state index contributed by atoms with van der Waals surface area (Å²) in [6.07, 6.45) is 0. The first kappa shape index (κ1) is 18.7. The monoisotopic (exact) mass is 387 g/mol. The number of amides is 1. The Balaban J connectivity index is 1.63. The molecule has 146 valence electrons. The molecule has 0 bridgehead atoms. The lowest BCUT2D eigenvalue weighted by Crippen LogP contribution is -2.34. The van der Waals surface area contributed by atoms with E-state index in [2.05, 4.69) is 15.5 Å². The molecule has 6 nitrogen and oxygen atoms in total. The zero-order valence-electron chi connectivity index (χ0n) is 16.3. The number of benzene rings is 3. The Morgan fingerprint density at radius 3 is 2.59 bits per heavy atom. The van der Waals surface area contributed by atoms with Crippen LogP contribution in [0.1, 0.15) is 13.8 Å². The van der Waals surface area contributed by atoms with Crippen molar-refractivity contribution in [3.8, 4) is 28.6 Å². The van der Waals surface area contributed by atoms with Crippen LogP contribution < -0.4 is 10.1 Å². The topological polar surface area (TPSA) is 77.2 Å². The fourth-order valence-electron chi connectivity index (χ4n) is 3.14. The summed E-state index contributed by atoms with van der Waals surface area (Å²) >= 11 is 0. The molecule has 0 unspecified atom stereocenters. The Hall–Kier alpha value is -3.67. The Bertz CT molecular complexity index is 1150. The van der Waals surface area contributed by atoms with Crippen LogP contribution >= 0.6 is 0 Å². The van der Waals surface area contributed by atoms with Gasteiger partial charge >= 0.3 is 0 Å². The van der Waals surface area contributed by atoms with Crippen molar-refractivity contribution in [1.82, 2.24) is 15.5 Å². The summed E-state index contributed by atoms with van der Waals surface area (Å²) in [6, 6.07) is 21.4. The first-order valence-corrected chi connectivity index (χ1v) is 9.45. The number of nitrogens with one attached hydrogen (secondary N) is 1. The Morgan fingerprint density at radius 2 is 1.72 bits per heavy atom. The second-order valence-corrected chi connectivity index (χ2v) is 6.96. The molecule has 0 aliphatic heterocycles. The van der Waals surface area contributed by atoms with E-state index >= 15 is 0 Å². The Kier molecular flexibility index (Phi) is 5.24. The summed E-state index contributed by atoms with van der Waals surface area (Å²) < 4.78 is 11.3. The van der Waals surface area contributed by atoms with Crippen LogP contribution in [0.3, 0.4) is 0 Å². The zero-order valence-corrected chi connectivity index (χ0v) is 16.3. The minimum Gasteiger partial charge on any atom is -0.483 e. The van der Waals surface area contributed by atoms with Crippen LogP contribution in [0.2, 0.25) is 0 Å². The van der Waals surface area contributed by atoms with E-state index in [1.165, 1.54) is 0 Å². The molecule has 0 radical (unpaired) electrons. The molecule has 1 aromatic heterocycles. The van der Waals surface area contributed by atoms with E-state index in [9.17, 15) is 4.79 Å². The molecule has 0 saturated heterocycles. The number of para-hydroxylation sites is 1. The average molecular weight is 387 g/mol. The van der Waals surface area contributed by atoms with E-state index in [1.807, 2.05) is 74.5 Å². The highest BCUT2D eigenvalue weighted by atomic mass is 16.5. The number of rotatable bonds is 6. The second-order valence-electron chi connectivity index (χ2n) is 6.96. The van der Waals surface area contributed by atoms with Gasteiger partial charge < -0.3 is 14.6 Å². The third-order valence-electron chi connectivity index (χ3n) is 4.38. The van der Waals surface area contributed by atoms with Gasteiger partial charge in [0.05, 0.1) is 5.56 Å². The van der Waals surface area contributed by atoms with Crippen LogP contribution in [0.25, 0.3) is 33.6 Å². The van der Waals surface area contributed by atoms with Gasteiger partial charge in [0.15, 0.2) is 6.61 Å². The standard InChI is InChI=1S/C23H21N3O3/c1-15(2)24-21(27)14-28-20-13-6-5-11-19(20)22-25-23(29-26-22)18-12-7-9-16-8-3-4-10-17(16)18/h3-13,15H,14H2,1-2H3,(H,24,27). The number of carbonyl (C=O) groups is 1. The predicted octanol–water partition coefficient (Wildman–Crippen LogP) is 4.46. The number of hydrogen-bond acceptors (Lipinski definition) is 5. The predicted molar refractivity (Wildman–Crippen MR) is 111 cm³/mol. The molecule has 0 fully saturated rings. The molecule has 1 amide bonds. The van der Waals surface area contributed by atoms with Gasteiger partial charge in [0.1, 0.15) is 5.75 Å². The van der Waals surface area contributed by atoms with Crippen molar-refractivity contribution in [2.75, 3.05) is 6.61 Å². The Morgan fingerprint density at radius 1 is 1.00 bits per heavy atom. The normalized spacial score (nSPS) is 11.0. The SMILES string of the molecule is CC(C)NC(=O)COc1ccccc1-c1noc(-c2cccc3ccccc23)n1. The minimum absolute atomic E-state index is 0.0572. The fourth-order valence-corrected chi connectivity index (χ4v) is 3.14. The van der Waals surface area contributed by atoms with Gasteiger partial charge in [-0.3, -0.25) is 4.79 Å². The maximum Gasteiger partial charge on any atom is 0.258 e. The van der Waals surface area contributed by atoms with Crippen molar-refractivity contribution in [1.29, 1.82) is 0 Å². The summed E-state index contributed by atoms with van der Waals surface area (Å²) in [5.41, 5.74) is 1.54. The summed E-state index contributed by atoms with van der Waals surface area (Å²) in [5.74, 6) is 1.19. The molecule has 0 aliphatic rings. The van der Waals surface area contributed by atoms with Crippen LogP contribution in [-0.2, 0) is 4.79 Å². The first-order chi connectivity index (χ1) is 14.1. The number of nitrogens with zero attached hydrogens (tertiary/aromatic N) is 2. The number of ether oxygens (including phenoxy) is 1. The van der Waals surface area contributed by atoms with Gasteiger partial charge in [0, 0.05) is 11.6 Å². The lowest BCUT2D eigenvalue weighted by atomic mass is 10.0. The molecule has 4 rings (SSSR count). The largest absolute Gasteiger partial charge is 0.483 e. The van der Waals surface area contributed by atoms with Gasteiger partial charge in [0.2, 0.25) is 5.82 Å². The molecule has 1 heterocycles. The van der Waals surface area contributed by atoms with Crippen LogP contribution in [0.5, 0.6) is 5.75 Å². The number of carbonyl (C=O) groups excluding carboxylic acids is 1. The Labute approximate surface area is 168 Å². The van der Waals surface area contributed by atoms with Crippen molar-refractivity contribution >= 4 is 16.7 Å². The summed E-state index contributed by atoms with van der Waals surface area (Å²) in [7, 11) is 0. The maximum atomic E-state index is 11.9. The minimum atomic E-state index is -0.181. The van der Waals surface area contributed by atoms with Crippen LogP contribution in [0.15, 0.2) is 71.3 Å². The van der Waals surface area contributed by atoms with Crippen molar-refractivity contribution < 1.29 is 14.1 Å². The van der Waals surface area contributed by atoms with Gasteiger partial charge in [-0.25, -0.2) is 0 Å². The van der Waals surface area contributed by atoms with Gasteiger partial charge in [-0.05, 0) is 42.8 Å². The molecule has 0 spiro atoms. The van der Waals surface area contributed by atoms with Crippen molar-refractivity contribution in [3.63, 3.8) is 0 Å².